The van der Waals surface area contributed by atoms with Gasteiger partial charge in [0, 0.05) is 97.0 Å². The van der Waals surface area contributed by atoms with Crippen LogP contribution in [0.15, 0.2) is 110 Å². The quantitative estimate of drug-likeness (QED) is 0.0915. The molecule has 10 rings (SSSR count). The van der Waals surface area contributed by atoms with Crippen LogP contribution < -0.4 is 19.3 Å². The third-order valence-corrected chi connectivity index (χ3v) is 14.5. The van der Waals surface area contributed by atoms with Gasteiger partial charge in [0.2, 0.25) is 11.6 Å². The second-order valence-electron chi connectivity index (χ2n) is 18.9. The topological polar surface area (TPSA) is 130 Å². The molecule has 4 aliphatic heterocycles. The third-order valence-electron chi connectivity index (χ3n) is 13.4. The molecule has 384 valence electrons. The second kappa shape index (κ2) is 23.7. The highest BCUT2D eigenvalue weighted by Gasteiger charge is 2.47. The zero-order valence-electron chi connectivity index (χ0n) is 41.0. The highest BCUT2D eigenvalue weighted by Crippen LogP contribution is 2.42. The molecule has 4 aliphatic rings. The van der Waals surface area contributed by atoms with Crippen molar-refractivity contribution in [1.29, 1.82) is 0 Å². The molecule has 0 aliphatic carbocycles. The lowest BCUT2D eigenvalue weighted by molar-refractivity contribution is -0.191. The fourth-order valence-corrected chi connectivity index (χ4v) is 10.5. The Morgan fingerprint density at radius 3 is 1.26 bits per heavy atom. The highest BCUT2D eigenvalue weighted by molar-refractivity contribution is 6.35. The maximum atomic E-state index is 6.53. The Hall–Kier alpha value is -4.72. The van der Waals surface area contributed by atoms with E-state index in [1.807, 2.05) is 36.4 Å². The molecule has 0 radical (unpaired) electrons. The van der Waals surface area contributed by atoms with Gasteiger partial charge in [-0.3, -0.25) is 9.80 Å². The number of piperazine rings is 2. The molecule has 0 N–H and O–H groups in total. The summed E-state index contributed by atoms with van der Waals surface area (Å²) in [6.45, 7) is 19.5. The van der Waals surface area contributed by atoms with Crippen LogP contribution in [0.4, 0.5) is 11.4 Å². The molecule has 6 heterocycles. The molecule has 0 bridgehead atoms. The molecule has 4 saturated heterocycles. The van der Waals surface area contributed by atoms with Gasteiger partial charge in [-0.1, -0.05) is 58.5 Å². The SMILES string of the molecule is CC(C)N1CCN(c2ccc(OCC3COC(Cn4cncn4)(c4ccc(Cl)cc4Cl)O3)cc2)CC1.CC(C)N1CCN(c2ccc(OC[C@H]3CO[C@](Cn4cncn4)(c4ccc(Cl)cc4Cl)O3)cc2)CC1. The van der Waals surface area contributed by atoms with E-state index in [1.54, 1.807) is 46.3 Å². The number of aromatic nitrogens is 6. The number of hydrogen-bond donors (Lipinski definition) is 0. The van der Waals surface area contributed by atoms with Crippen LogP contribution in [-0.4, -0.2) is 142 Å². The minimum absolute atomic E-state index is 0.288. The molecule has 0 saturated carbocycles. The van der Waals surface area contributed by atoms with Crippen molar-refractivity contribution in [3.63, 3.8) is 0 Å². The number of anilines is 2. The summed E-state index contributed by atoms with van der Waals surface area (Å²) >= 11 is 25.3. The zero-order chi connectivity index (χ0) is 50.2. The predicted molar refractivity (Wildman–Crippen MR) is 280 cm³/mol. The molecular weight excluding hydrogens is 1000 g/mol. The van der Waals surface area contributed by atoms with Gasteiger partial charge in [0.15, 0.2) is 0 Å². The van der Waals surface area contributed by atoms with E-state index in [1.165, 1.54) is 24.0 Å². The lowest BCUT2D eigenvalue weighted by Crippen LogP contribution is -2.48. The minimum atomic E-state index is -1.12. The van der Waals surface area contributed by atoms with Crippen molar-refractivity contribution in [3.05, 3.63) is 141 Å². The van der Waals surface area contributed by atoms with Crippen molar-refractivity contribution in [2.75, 3.05) is 88.6 Å². The molecule has 72 heavy (non-hydrogen) atoms. The van der Waals surface area contributed by atoms with E-state index >= 15 is 0 Å². The van der Waals surface area contributed by atoms with Gasteiger partial charge in [0.1, 0.15) is 75.3 Å². The number of hydrogen-bond acceptors (Lipinski definition) is 14. The standard InChI is InChI=1S/2C26H31Cl2N5O3/c2*1-19(2)31-9-11-32(12-10-31)21-4-6-22(7-5-21)34-14-23-15-35-26(36-23,16-33-18-29-17-30-33)24-8-3-20(27)13-25(24)28/h2*3-8,13,17-19,23H,9-12,14-16H2,1-2H3/t23-,26-;/m0./s1. The lowest BCUT2D eigenvalue weighted by atomic mass is 10.1. The summed E-state index contributed by atoms with van der Waals surface area (Å²) in [5.41, 5.74) is 3.81. The van der Waals surface area contributed by atoms with E-state index in [0.29, 0.717) is 82.8 Å². The Kier molecular flexibility index (Phi) is 17.1. The minimum Gasteiger partial charge on any atom is -0.491 e. The van der Waals surface area contributed by atoms with E-state index in [9.17, 15) is 0 Å². The summed E-state index contributed by atoms with van der Waals surface area (Å²) in [6.07, 6.45) is 5.60. The Morgan fingerprint density at radius 1 is 0.542 bits per heavy atom. The second-order valence-corrected chi connectivity index (χ2v) is 20.6. The van der Waals surface area contributed by atoms with Gasteiger partial charge in [0.05, 0.1) is 23.3 Å². The average Bonchev–Trinajstić information content (AvgIpc) is 4.24. The van der Waals surface area contributed by atoms with Crippen LogP contribution in [0.3, 0.4) is 0 Å². The number of rotatable bonds is 16. The van der Waals surface area contributed by atoms with Crippen LogP contribution in [0.1, 0.15) is 38.8 Å². The monoisotopic (exact) mass is 1060 g/mol. The van der Waals surface area contributed by atoms with Crippen molar-refractivity contribution in [2.45, 2.75) is 76.7 Å². The number of benzene rings is 4. The van der Waals surface area contributed by atoms with Crippen molar-refractivity contribution in [1.82, 2.24) is 39.3 Å². The van der Waals surface area contributed by atoms with Crippen LogP contribution >= 0.6 is 46.4 Å². The first kappa shape index (κ1) is 52.2. The molecule has 16 nitrogen and oxygen atoms in total. The van der Waals surface area contributed by atoms with Gasteiger partial charge < -0.3 is 38.2 Å². The maximum absolute atomic E-state index is 6.53. The molecule has 4 aromatic carbocycles. The van der Waals surface area contributed by atoms with Crippen LogP contribution in [0.2, 0.25) is 20.1 Å². The maximum Gasteiger partial charge on any atom is 0.217 e. The Labute approximate surface area is 441 Å². The molecule has 4 atom stereocenters. The molecule has 2 unspecified atom stereocenters. The third kappa shape index (κ3) is 12.8. The fraction of sp³-hybridized carbons (Fsp3) is 0.462. The first-order chi connectivity index (χ1) is 34.8. The smallest absolute Gasteiger partial charge is 0.217 e. The van der Waals surface area contributed by atoms with Gasteiger partial charge in [-0.2, -0.15) is 10.2 Å². The normalized spacial score (nSPS) is 22.9. The Bertz CT molecular complexity index is 2460. The summed E-state index contributed by atoms with van der Waals surface area (Å²) < 4.78 is 40.7. The largest absolute Gasteiger partial charge is 0.491 e. The summed E-state index contributed by atoms with van der Waals surface area (Å²) in [5.74, 6) is -0.653. The van der Waals surface area contributed by atoms with Gasteiger partial charge in [-0.15, -0.1) is 0 Å². The predicted octanol–water partition coefficient (Wildman–Crippen LogP) is 8.93. The highest BCUT2D eigenvalue weighted by atomic mass is 35.5. The summed E-state index contributed by atoms with van der Waals surface area (Å²) in [6, 6.07) is 28.3. The number of halogens is 4. The average molecular weight is 1060 g/mol. The summed E-state index contributed by atoms with van der Waals surface area (Å²) in [5, 5.41) is 10.4. The van der Waals surface area contributed by atoms with Crippen LogP contribution in [0, 0.1) is 0 Å². The zero-order valence-corrected chi connectivity index (χ0v) is 44.1. The van der Waals surface area contributed by atoms with E-state index in [2.05, 4.69) is 91.7 Å². The Balaban J connectivity index is 0.000000178. The fourth-order valence-electron chi connectivity index (χ4n) is 9.44. The van der Waals surface area contributed by atoms with Crippen molar-refractivity contribution < 1.29 is 28.4 Å². The molecule has 0 spiro atoms. The van der Waals surface area contributed by atoms with E-state index in [4.69, 9.17) is 74.8 Å². The van der Waals surface area contributed by atoms with E-state index in [-0.39, 0.29) is 12.2 Å². The number of ether oxygens (including phenoxy) is 6. The molecule has 4 fully saturated rings. The Morgan fingerprint density at radius 2 is 0.931 bits per heavy atom. The van der Waals surface area contributed by atoms with Crippen LogP contribution in [-0.2, 0) is 43.6 Å². The van der Waals surface area contributed by atoms with Gasteiger partial charge in [0.25, 0.3) is 0 Å². The first-order valence-electron chi connectivity index (χ1n) is 24.5. The molecule has 20 heteroatoms. The summed E-state index contributed by atoms with van der Waals surface area (Å²) in [4.78, 5) is 17.9. The van der Waals surface area contributed by atoms with Crippen LogP contribution in [0.5, 0.6) is 11.5 Å². The molecule has 2 aromatic heterocycles. The van der Waals surface area contributed by atoms with Gasteiger partial charge >= 0.3 is 0 Å². The summed E-state index contributed by atoms with van der Waals surface area (Å²) in [7, 11) is 0. The van der Waals surface area contributed by atoms with Gasteiger partial charge in [-0.25, -0.2) is 19.3 Å². The van der Waals surface area contributed by atoms with E-state index in [0.717, 1.165) is 63.9 Å². The van der Waals surface area contributed by atoms with Crippen molar-refractivity contribution >= 4 is 57.8 Å². The van der Waals surface area contributed by atoms with Crippen molar-refractivity contribution in [3.8, 4) is 11.5 Å². The number of nitrogens with zero attached hydrogens (tertiary/aromatic N) is 10. The molecule has 0 amide bonds. The first-order valence-corrected chi connectivity index (χ1v) is 26.0. The van der Waals surface area contributed by atoms with Crippen LogP contribution in [0.25, 0.3) is 0 Å². The van der Waals surface area contributed by atoms with E-state index < -0.39 is 11.6 Å². The van der Waals surface area contributed by atoms with Crippen molar-refractivity contribution in [2.24, 2.45) is 0 Å². The molecule has 6 aromatic rings. The van der Waals surface area contributed by atoms with Gasteiger partial charge in [-0.05, 0) is 100 Å². The lowest BCUT2D eigenvalue weighted by Gasteiger charge is -2.38. The molecular formula is C52H62Cl4N10O6.